The van der Waals surface area contributed by atoms with E-state index in [1.54, 1.807) is 31.4 Å². The zero-order valence-electron chi connectivity index (χ0n) is 15.6. The number of halogens is 1. The summed E-state index contributed by atoms with van der Waals surface area (Å²) in [6, 6.07) is 3.24. The zero-order valence-corrected chi connectivity index (χ0v) is 20.4. The molecule has 2 rings (SSSR count). The summed E-state index contributed by atoms with van der Waals surface area (Å²) in [5.74, 6) is 0.681. The Hall–Kier alpha value is -0.440. The molecule has 1 aliphatic rings. The summed E-state index contributed by atoms with van der Waals surface area (Å²) in [6.45, 7) is 7.16. The second kappa shape index (κ2) is 9.85. The van der Waals surface area contributed by atoms with Crippen molar-refractivity contribution in [1.29, 1.82) is 0 Å². The Morgan fingerprint density at radius 1 is 1.41 bits per heavy atom. The van der Waals surface area contributed by atoms with Crippen LogP contribution in [0.2, 0.25) is 0 Å². The molecule has 0 unspecified atom stereocenters. The SMILES string of the molecule is CCNC(=NCCNS(=O)(=O)c1cccs1)N1CCS(=O)(=O)C(C)(C)C1.I. The summed E-state index contributed by atoms with van der Waals surface area (Å²) in [5.41, 5.74) is 0. The predicted molar refractivity (Wildman–Crippen MR) is 120 cm³/mol. The van der Waals surface area contributed by atoms with Crippen molar-refractivity contribution in [3.8, 4) is 0 Å². The van der Waals surface area contributed by atoms with Gasteiger partial charge >= 0.3 is 0 Å². The molecule has 1 fully saturated rings. The number of aliphatic imine (C=N–C) groups is 1. The third kappa shape index (κ3) is 6.27. The molecular formula is C15H27IN4O4S3. The Morgan fingerprint density at radius 2 is 2.11 bits per heavy atom. The lowest BCUT2D eigenvalue weighted by Crippen LogP contribution is -2.57. The molecule has 12 heteroatoms. The van der Waals surface area contributed by atoms with Gasteiger partial charge in [-0.3, -0.25) is 4.99 Å². The average Bonchev–Trinajstić information content (AvgIpc) is 3.08. The monoisotopic (exact) mass is 550 g/mol. The van der Waals surface area contributed by atoms with Gasteiger partial charge in [0.2, 0.25) is 10.0 Å². The largest absolute Gasteiger partial charge is 0.357 e. The number of hydrogen-bond donors (Lipinski definition) is 2. The van der Waals surface area contributed by atoms with E-state index in [0.29, 0.717) is 25.6 Å². The van der Waals surface area contributed by atoms with E-state index in [0.717, 1.165) is 11.3 Å². The molecule has 0 saturated carbocycles. The zero-order chi connectivity index (χ0) is 19.4. The molecule has 1 aromatic heterocycles. The lowest BCUT2D eigenvalue weighted by molar-refractivity contribution is 0.353. The van der Waals surface area contributed by atoms with E-state index in [-0.39, 0.29) is 47.0 Å². The Labute approximate surface area is 182 Å². The number of sulfone groups is 1. The average molecular weight is 551 g/mol. The van der Waals surface area contributed by atoms with Gasteiger partial charge in [0.25, 0.3) is 0 Å². The third-order valence-electron chi connectivity index (χ3n) is 4.10. The summed E-state index contributed by atoms with van der Waals surface area (Å²) < 4.78 is 50.4. The number of nitrogens with one attached hydrogen (secondary N) is 2. The van der Waals surface area contributed by atoms with E-state index < -0.39 is 24.6 Å². The topological polar surface area (TPSA) is 108 Å². The molecule has 2 heterocycles. The van der Waals surface area contributed by atoms with Gasteiger partial charge in [0, 0.05) is 26.2 Å². The highest BCUT2D eigenvalue weighted by Crippen LogP contribution is 2.23. The predicted octanol–water partition coefficient (Wildman–Crippen LogP) is 1.12. The first-order valence-corrected chi connectivity index (χ1v) is 12.4. The highest BCUT2D eigenvalue weighted by Gasteiger charge is 2.40. The van der Waals surface area contributed by atoms with Crippen molar-refractivity contribution in [3.05, 3.63) is 17.5 Å². The molecule has 0 atom stereocenters. The molecule has 2 N–H and O–H groups in total. The van der Waals surface area contributed by atoms with Crippen LogP contribution < -0.4 is 10.0 Å². The molecule has 0 spiro atoms. The van der Waals surface area contributed by atoms with Crippen molar-refractivity contribution in [3.63, 3.8) is 0 Å². The molecule has 8 nitrogen and oxygen atoms in total. The molecular weight excluding hydrogens is 523 g/mol. The normalized spacial score (nSPS) is 19.4. The lowest BCUT2D eigenvalue weighted by Gasteiger charge is -2.39. The van der Waals surface area contributed by atoms with E-state index in [9.17, 15) is 16.8 Å². The Kier molecular flexibility index (Phi) is 8.98. The molecule has 1 saturated heterocycles. The summed E-state index contributed by atoms with van der Waals surface area (Å²) in [6.07, 6.45) is 0. The number of rotatable bonds is 6. The first-order valence-electron chi connectivity index (χ1n) is 8.38. The van der Waals surface area contributed by atoms with Crippen LogP contribution in [0.4, 0.5) is 0 Å². The van der Waals surface area contributed by atoms with Gasteiger partial charge in [0.05, 0.1) is 17.0 Å². The summed E-state index contributed by atoms with van der Waals surface area (Å²) in [5, 5.41) is 4.86. The second-order valence-electron chi connectivity index (χ2n) is 6.57. The fourth-order valence-electron chi connectivity index (χ4n) is 2.58. The standard InChI is InChI=1S/C15H26N4O4S3.HI/c1-4-16-14(19-9-11-25(20,21)15(2,3)12-19)17-7-8-18-26(22,23)13-6-5-10-24-13;/h5-6,10,18H,4,7-9,11-12H2,1-3H3,(H,16,17);1H. The van der Waals surface area contributed by atoms with Gasteiger partial charge < -0.3 is 10.2 Å². The van der Waals surface area contributed by atoms with Gasteiger partial charge in [-0.1, -0.05) is 6.07 Å². The molecule has 0 amide bonds. The number of guanidine groups is 1. The van der Waals surface area contributed by atoms with Crippen molar-refractivity contribution < 1.29 is 16.8 Å². The van der Waals surface area contributed by atoms with Crippen molar-refractivity contribution in [2.45, 2.75) is 29.7 Å². The van der Waals surface area contributed by atoms with E-state index >= 15 is 0 Å². The molecule has 1 aromatic rings. The van der Waals surface area contributed by atoms with E-state index in [1.165, 1.54) is 0 Å². The van der Waals surface area contributed by atoms with Crippen LogP contribution in [0.15, 0.2) is 26.7 Å². The smallest absolute Gasteiger partial charge is 0.250 e. The van der Waals surface area contributed by atoms with Crippen LogP contribution in [0.25, 0.3) is 0 Å². The molecule has 0 bridgehead atoms. The van der Waals surface area contributed by atoms with Crippen LogP contribution >= 0.6 is 35.3 Å². The Bertz CT molecular complexity index is 836. The maximum atomic E-state index is 12.1. The quantitative estimate of drug-likeness (QED) is 0.238. The molecule has 0 aliphatic carbocycles. The fraction of sp³-hybridized carbons (Fsp3) is 0.667. The van der Waals surface area contributed by atoms with Gasteiger partial charge in [0.1, 0.15) is 4.21 Å². The minimum Gasteiger partial charge on any atom is -0.357 e. The molecule has 156 valence electrons. The molecule has 0 aromatic carbocycles. The van der Waals surface area contributed by atoms with Gasteiger partial charge in [0.15, 0.2) is 15.8 Å². The number of thiophene rings is 1. The van der Waals surface area contributed by atoms with Crippen molar-refractivity contribution >= 4 is 61.1 Å². The minimum absolute atomic E-state index is 0. The minimum atomic E-state index is -3.50. The van der Waals surface area contributed by atoms with Gasteiger partial charge in [-0.2, -0.15) is 0 Å². The van der Waals surface area contributed by atoms with Gasteiger partial charge in [-0.25, -0.2) is 21.6 Å². The molecule has 1 aliphatic heterocycles. The van der Waals surface area contributed by atoms with E-state index in [1.807, 2.05) is 11.8 Å². The molecule has 27 heavy (non-hydrogen) atoms. The van der Waals surface area contributed by atoms with Crippen molar-refractivity contribution in [2.75, 3.05) is 38.5 Å². The van der Waals surface area contributed by atoms with Crippen LogP contribution in [0.1, 0.15) is 20.8 Å². The Morgan fingerprint density at radius 3 is 2.67 bits per heavy atom. The number of nitrogens with zero attached hydrogens (tertiary/aromatic N) is 2. The van der Waals surface area contributed by atoms with Gasteiger partial charge in [-0.05, 0) is 32.2 Å². The maximum Gasteiger partial charge on any atom is 0.250 e. The van der Waals surface area contributed by atoms with E-state index in [2.05, 4.69) is 15.0 Å². The van der Waals surface area contributed by atoms with Crippen molar-refractivity contribution in [2.24, 2.45) is 4.99 Å². The van der Waals surface area contributed by atoms with Gasteiger partial charge in [-0.15, -0.1) is 35.3 Å². The van der Waals surface area contributed by atoms with Crippen LogP contribution in [-0.4, -0.2) is 70.9 Å². The highest BCUT2D eigenvalue weighted by molar-refractivity contribution is 14.0. The van der Waals surface area contributed by atoms with Crippen LogP contribution in [-0.2, 0) is 19.9 Å². The number of hydrogen-bond acceptors (Lipinski definition) is 6. The molecule has 0 radical (unpaired) electrons. The number of sulfonamides is 1. The van der Waals surface area contributed by atoms with Crippen molar-refractivity contribution in [1.82, 2.24) is 14.9 Å². The lowest BCUT2D eigenvalue weighted by atomic mass is 10.2. The fourth-order valence-corrected chi connectivity index (χ4v) is 6.00. The van der Waals surface area contributed by atoms with Crippen LogP contribution in [0.5, 0.6) is 0 Å². The van der Waals surface area contributed by atoms with Crippen LogP contribution in [0, 0.1) is 0 Å². The second-order valence-corrected chi connectivity index (χ2v) is 12.3. The first-order chi connectivity index (χ1) is 12.1. The summed E-state index contributed by atoms with van der Waals surface area (Å²) in [7, 11) is -6.63. The summed E-state index contributed by atoms with van der Waals surface area (Å²) >= 11 is 1.16. The maximum absolute atomic E-state index is 12.1. The van der Waals surface area contributed by atoms with Crippen LogP contribution in [0.3, 0.4) is 0 Å². The third-order valence-corrected chi connectivity index (χ3v) is 9.49. The first kappa shape index (κ1) is 24.6. The van der Waals surface area contributed by atoms with E-state index in [4.69, 9.17) is 0 Å². The Balaban J connectivity index is 0.00000364. The summed E-state index contributed by atoms with van der Waals surface area (Å²) in [4.78, 5) is 6.36. The highest BCUT2D eigenvalue weighted by atomic mass is 127.